The molecular weight excluding hydrogens is 252 g/mol. The lowest BCUT2D eigenvalue weighted by molar-refractivity contribution is 0.347. The maximum atomic E-state index is 12.5. The summed E-state index contributed by atoms with van der Waals surface area (Å²) in [6, 6.07) is 3.36. The lowest BCUT2D eigenvalue weighted by atomic mass is 10.2. The van der Waals surface area contributed by atoms with Gasteiger partial charge in [-0.3, -0.25) is 4.68 Å². The molecule has 1 aromatic heterocycles. The summed E-state index contributed by atoms with van der Waals surface area (Å²) in [5.74, 6) is 0. The lowest BCUT2D eigenvalue weighted by Gasteiger charge is -2.25. The van der Waals surface area contributed by atoms with Gasteiger partial charge in [0, 0.05) is 13.1 Å². The molecule has 6 nitrogen and oxygen atoms in total. The molecule has 0 radical (unpaired) electrons. The number of hydrogen-bond donors (Lipinski definition) is 0. The van der Waals surface area contributed by atoms with Gasteiger partial charge >= 0.3 is 0 Å². The quantitative estimate of drug-likeness (QED) is 0.759. The molecule has 0 aromatic carbocycles. The van der Waals surface area contributed by atoms with Gasteiger partial charge in [0.05, 0.1) is 12.3 Å². The van der Waals surface area contributed by atoms with E-state index >= 15 is 0 Å². The van der Waals surface area contributed by atoms with Gasteiger partial charge in [-0.1, -0.05) is 12.8 Å². The minimum absolute atomic E-state index is 0.0513. The minimum Gasteiger partial charge on any atom is -0.256 e. The molecule has 7 heteroatoms. The first-order valence-electron chi connectivity index (χ1n) is 5.94. The minimum atomic E-state index is -3.62. The highest BCUT2D eigenvalue weighted by Gasteiger charge is 2.34. The van der Waals surface area contributed by atoms with Crippen LogP contribution in [0, 0.1) is 11.3 Å². The number of rotatable bonds is 4. The molecule has 0 aliphatic heterocycles. The van der Waals surface area contributed by atoms with E-state index in [-0.39, 0.29) is 17.6 Å². The monoisotopic (exact) mass is 268 g/mol. The molecule has 1 saturated carbocycles. The van der Waals surface area contributed by atoms with Crippen molar-refractivity contribution in [1.29, 1.82) is 5.26 Å². The first-order chi connectivity index (χ1) is 8.57. The normalized spacial score (nSPS) is 17.2. The number of aryl methyl sites for hydroxylation is 1. The zero-order valence-electron chi connectivity index (χ0n) is 10.3. The van der Waals surface area contributed by atoms with E-state index in [2.05, 4.69) is 5.10 Å². The van der Waals surface area contributed by atoms with Crippen LogP contribution in [0.25, 0.3) is 0 Å². The van der Waals surface area contributed by atoms with Crippen molar-refractivity contribution in [3.8, 4) is 6.07 Å². The van der Waals surface area contributed by atoms with Crippen LogP contribution in [0.5, 0.6) is 0 Å². The fourth-order valence-corrected chi connectivity index (χ4v) is 4.09. The molecule has 1 aromatic rings. The molecule has 1 aliphatic carbocycles. The van der Waals surface area contributed by atoms with Gasteiger partial charge in [0.15, 0.2) is 5.03 Å². The van der Waals surface area contributed by atoms with Crippen LogP contribution in [0.1, 0.15) is 25.7 Å². The Kier molecular flexibility index (Phi) is 3.68. The average Bonchev–Trinajstić information content (AvgIpc) is 2.96. The van der Waals surface area contributed by atoms with Gasteiger partial charge in [0.2, 0.25) is 0 Å². The molecule has 0 spiro atoms. The zero-order chi connectivity index (χ0) is 13.2. The van der Waals surface area contributed by atoms with Crippen LogP contribution in [0.2, 0.25) is 0 Å². The summed E-state index contributed by atoms with van der Waals surface area (Å²) in [5.41, 5.74) is 0. The highest BCUT2D eigenvalue weighted by Crippen LogP contribution is 2.28. The first-order valence-corrected chi connectivity index (χ1v) is 7.38. The van der Waals surface area contributed by atoms with Gasteiger partial charge in [-0.25, -0.2) is 8.42 Å². The van der Waals surface area contributed by atoms with Crippen molar-refractivity contribution < 1.29 is 8.42 Å². The Hall–Kier alpha value is -1.39. The Bertz CT molecular complexity index is 552. The molecular formula is C11H16N4O2S. The molecule has 18 heavy (non-hydrogen) atoms. The zero-order valence-corrected chi connectivity index (χ0v) is 11.1. The van der Waals surface area contributed by atoms with E-state index in [4.69, 9.17) is 5.26 Å². The highest BCUT2D eigenvalue weighted by atomic mass is 32.2. The SMILES string of the molecule is Cn1nccc1S(=O)(=O)N(CC#N)C1CCCC1. The molecule has 0 unspecified atom stereocenters. The van der Waals surface area contributed by atoms with Crippen molar-refractivity contribution >= 4 is 10.0 Å². The smallest absolute Gasteiger partial charge is 0.256 e. The van der Waals surface area contributed by atoms with Crippen molar-refractivity contribution in [3.63, 3.8) is 0 Å². The summed E-state index contributed by atoms with van der Waals surface area (Å²) in [6.45, 7) is -0.0990. The second-order valence-corrected chi connectivity index (χ2v) is 6.28. The Balaban J connectivity index is 2.36. The average molecular weight is 268 g/mol. The molecule has 1 fully saturated rings. The second kappa shape index (κ2) is 5.08. The number of aromatic nitrogens is 2. The van der Waals surface area contributed by atoms with E-state index < -0.39 is 10.0 Å². The summed E-state index contributed by atoms with van der Waals surface area (Å²) in [4.78, 5) is 0. The van der Waals surface area contributed by atoms with E-state index in [0.717, 1.165) is 25.7 Å². The summed E-state index contributed by atoms with van der Waals surface area (Å²) in [5, 5.41) is 12.9. The Morgan fingerprint density at radius 2 is 2.22 bits per heavy atom. The fourth-order valence-electron chi connectivity index (χ4n) is 2.41. The van der Waals surface area contributed by atoms with Gasteiger partial charge in [0.25, 0.3) is 10.0 Å². The molecule has 0 saturated heterocycles. The summed E-state index contributed by atoms with van der Waals surface area (Å²) >= 11 is 0. The molecule has 0 N–H and O–H groups in total. The molecule has 1 heterocycles. The van der Waals surface area contributed by atoms with Crippen molar-refractivity contribution in [2.45, 2.75) is 36.8 Å². The Morgan fingerprint density at radius 3 is 2.72 bits per heavy atom. The summed E-state index contributed by atoms with van der Waals surface area (Å²) in [6.07, 6.45) is 5.16. The summed E-state index contributed by atoms with van der Waals surface area (Å²) in [7, 11) is -2.03. The Morgan fingerprint density at radius 1 is 1.56 bits per heavy atom. The molecule has 0 bridgehead atoms. The number of nitrogens with zero attached hydrogens (tertiary/aromatic N) is 4. The molecule has 0 amide bonds. The van der Waals surface area contributed by atoms with Crippen LogP contribution < -0.4 is 0 Å². The third-order valence-electron chi connectivity index (χ3n) is 3.31. The predicted molar refractivity (Wildman–Crippen MR) is 65.0 cm³/mol. The molecule has 2 rings (SSSR count). The maximum absolute atomic E-state index is 12.5. The topological polar surface area (TPSA) is 79.0 Å². The van der Waals surface area contributed by atoms with Crippen LogP contribution in [0.4, 0.5) is 0 Å². The number of hydrogen-bond acceptors (Lipinski definition) is 4. The van der Waals surface area contributed by atoms with Crippen LogP contribution in [0.15, 0.2) is 17.3 Å². The van der Waals surface area contributed by atoms with Crippen molar-refractivity contribution in [3.05, 3.63) is 12.3 Å². The largest absolute Gasteiger partial charge is 0.261 e. The van der Waals surface area contributed by atoms with E-state index in [1.165, 1.54) is 21.3 Å². The second-order valence-electron chi connectivity index (χ2n) is 4.44. The maximum Gasteiger partial charge on any atom is 0.261 e. The van der Waals surface area contributed by atoms with E-state index in [0.29, 0.717) is 0 Å². The van der Waals surface area contributed by atoms with Crippen LogP contribution in [-0.4, -0.2) is 35.1 Å². The van der Waals surface area contributed by atoms with Crippen LogP contribution in [-0.2, 0) is 17.1 Å². The van der Waals surface area contributed by atoms with Gasteiger partial charge in [-0.2, -0.15) is 14.7 Å². The van der Waals surface area contributed by atoms with E-state index in [9.17, 15) is 8.42 Å². The van der Waals surface area contributed by atoms with Gasteiger partial charge < -0.3 is 0 Å². The predicted octanol–water partition coefficient (Wildman–Crippen LogP) is 0.877. The third kappa shape index (κ3) is 2.26. The first kappa shape index (κ1) is 13.1. The summed E-state index contributed by atoms with van der Waals surface area (Å²) < 4.78 is 27.7. The van der Waals surface area contributed by atoms with Crippen LogP contribution >= 0.6 is 0 Å². The van der Waals surface area contributed by atoms with Crippen LogP contribution in [0.3, 0.4) is 0 Å². The van der Waals surface area contributed by atoms with Crippen molar-refractivity contribution in [2.24, 2.45) is 7.05 Å². The number of nitriles is 1. The van der Waals surface area contributed by atoms with Gasteiger partial charge in [-0.05, 0) is 18.9 Å². The lowest BCUT2D eigenvalue weighted by Crippen LogP contribution is -2.39. The molecule has 98 valence electrons. The van der Waals surface area contributed by atoms with Gasteiger partial charge in [0.1, 0.15) is 6.54 Å². The van der Waals surface area contributed by atoms with Gasteiger partial charge in [-0.15, -0.1) is 0 Å². The Labute approximate surface area is 107 Å². The van der Waals surface area contributed by atoms with E-state index in [1.807, 2.05) is 6.07 Å². The number of sulfonamides is 1. The standard InChI is InChI=1S/C11H16N4O2S/c1-14-11(6-8-13-14)18(16,17)15(9-7-12)10-4-2-3-5-10/h6,8,10H,2-5,9H2,1H3. The van der Waals surface area contributed by atoms with Crippen molar-refractivity contribution in [1.82, 2.24) is 14.1 Å². The fraction of sp³-hybridized carbons (Fsp3) is 0.636. The molecule has 0 atom stereocenters. The van der Waals surface area contributed by atoms with E-state index in [1.54, 1.807) is 7.05 Å². The third-order valence-corrected chi connectivity index (χ3v) is 5.28. The molecule has 1 aliphatic rings. The highest BCUT2D eigenvalue weighted by molar-refractivity contribution is 7.89. The van der Waals surface area contributed by atoms with Crippen molar-refractivity contribution in [2.75, 3.05) is 6.54 Å².